The Labute approximate surface area is 170 Å². The molecular formula is C18H20BF3O5P2. The van der Waals surface area contributed by atoms with Crippen LogP contribution in [0.1, 0.15) is 18.4 Å². The average Bonchev–Trinajstić information content (AvgIpc) is 3.18. The zero-order valence-corrected chi connectivity index (χ0v) is 17.6. The van der Waals surface area contributed by atoms with E-state index in [0.717, 1.165) is 12.1 Å². The molecule has 5 nitrogen and oxygen atoms in total. The fourth-order valence-electron chi connectivity index (χ4n) is 3.61. The van der Waals surface area contributed by atoms with E-state index in [-0.39, 0.29) is 48.2 Å². The van der Waals surface area contributed by atoms with Crippen molar-refractivity contribution in [3.63, 3.8) is 0 Å². The molecule has 0 bridgehead atoms. The van der Waals surface area contributed by atoms with Gasteiger partial charge in [0, 0.05) is 26.8 Å². The van der Waals surface area contributed by atoms with Gasteiger partial charge in [-0.25, -0.2) is 0 Å². The minimum atomic E-state index is -4.47. The molecule has 29 heavy (non-hydrogen) atoms. The van der Waals surface area contributed by atoms with E-state index in [0.29, 0.717) is 29.5 Å². The molecule has 6 atom stereocenters. The van der Waals surface area contributed by atoms with Gasteiger partial charge < -0.3 is 14.0 Å². The highest BCUT2D eigenvalue weighted by atomic mass is 32.0. The minimum Gasteiger partial charge on any atom is -0.485 e. The Morgan fingerprint density at radius 2 is 2.17 bits per heavy atom. The number of benzene rings is 1. The molecule has 3 rings (SSSR count). The van der Waals surface area contributed by atoms with Gasteiger partial charge in [0.05, 0.1) is 18.1 Å². The zero-order chi connectivity index (χ0) is 21.0. The number of hydrogen-bond acceptors (Lipinski definition) is 5. The largest absolute Gasteiger partial charge is 0.485 e. The van der Waals surface area contributed by atoms with Crippen LogP contribution in [-0.2, 0) is 25.0 Å². The normalized spacial score (nSPS) is 27.3. The monoisotopic (exact) mass is 446 g/mol. The molecule has 1 saturated carbocycles. The lowest BCUT2D eigenvalue weighted by Crippen LogP contribution is -2.19. The number of ketones is 1. The number of halogens is 3. The summed E-state index contributed by atoms with van der Waals surface area (Å²) < 4.78 is 54.6. The van der Waals surface area contributed by atoms with Gasteiger partial charge in [0.25, 0.3) is 0 Å². The van der Waals surface area contributed by atoms with E-state index in [1.165, 1.54) is 18.2 Å². The summed E-state index contributed by atoms with van der Waals surface area (Å²) in [6, 6.07) is 4.39. The molecule has 1 saturated heterocycles. The topological polar surface area (TPSA) is 61.8 Å². The first kappa shape index (κ1) is 22.3. The summed E-state index contributed by atoms with van der Waals surface area (Å²) in [4.78, 5) is 23.7. The number of fused-ring (bicyclic) bond motifs is 1. The molecule has 156 valence electrons. The molecule has 2 unspecified atom stereocenters. The number of carbonyl (C=O) groups is 2. The van der Waals surface area contributed by atoms with Gasteiger partial charge in [0.15, 0.2) is 12.4 Å². The lowest BCUT2D eigenvalue weighted by molar-refractivity contribution is -0.142. The molecule has 2 fully saturated rings. The zero-order valence-electron chi connectivity index (χ0n) is 15.6. The Bertz CT molecular complexity index is 789. The van der Waals surface area contributed by atoms with E-state index < -0.39 is 11.7 Å². The van der Waals surface area contributed by atoms with Crippen LogP contribution in [0.15, 0.2) is 36.4 Å². The van der Waals surface area contributed by atoms with Gasteiger partial charge in [-0.1, -0.05) is 12.1 Å². The molecule has 0 N–H and O–H groups in total. The summed E-state index contributed by atoms with van der Waals surface area (Å²) in [6.07, 6.45) is -0.794. The predicted octanol–water partition coefficient (Wildman–Crippen LogP) is 3.28. The van der Waals surface area contributed by atoms with Gasteiger partial charge >= 0.3 is 12.1 Å². The standard InChI is InChI=1S/C18H20BF3O5P2/c19-28-29-27-16-8-15-14(7-17(24)26-15)13(16)5-4-11(23)9-25-12-3-1-2-10(6-12)18(20,21)22/h1-6,13-16,28-29H,7-9,19H2/b5-4+/t13-,14-,15+,16-/m1/s1. The second-order valence-electron chi connectivity index (χ2n) is 6.86. The summed E-state index contributed by atoms with van der Waals surface area (Å²) in [5.74, 6) is -0.784. The fourth-order valence-corrected chi connectivity index (χ4v) is 4.94. The molecule has 1 aliphatic heterocycles. The molecular weight excluding hydrogens is 426 g/mol. The number of esters is 1. The summed E-state index contributed by atoms with van der Waals surface area (Å²) in [6.45, 7) is -0.377. The Balaban J connectivity index is 1.59. The molecule has 0 aromatic heterocycles. The van der Waals surface area contributed by atoms with Crippen molar-refractivity contribution < 1.29 is 36.8 Å². The number of rotatable bonds is 8. The highest BCUT2D eigenvalue weighted by Crippen LogP contribution is 2.47. The van der Waals surface area contributed by atoms with Crippen LogP contribution in [0, 0.1) is 11.8 Å². The van der Waals surface area contributed by atoms with Crippen molar-refractivity contribution in [2.24, 2.45) is 11.8 Å². The van der Waals surface area contributed by atoms with Crippen molar-refractivity contribution in [1.29, 1.82) is 0 Å². The van der Waals surface area contributed by atoms with Gasteiger partial charge in [-0.15, -0.1) is 8.15 Å². The Morgan fingerprint density at radius 1 is 1.38 bits per heavy atom. The fraction of sp³-hybridized carbons (Fsp3) is 0.444. The van der Waals surface area contributed by atoms with Crippen LogP contribution in [0.4, 0.5) is 13.2 Å². The Kier molecular flexibility index (Phi) is 7.36. The summed E-state index contributed by atoms with van der Waals surface area (Å²) in [5, 5.41) is 0. The van der Waals surface area contributed by atoms with Gasteiger partial charge in [-0.3, -0.25) is 9.59 Å². The third-order valence-electron chi connectivity index (χ3n) is 4.91. The van der Waals surface area contributed by atoms with Gasteiger partial charge in [0.2, 0.25) is 0 Å². The summed E-state index contributed by atoms with van der Waals surface area (Å²) in [7, 11) is 3.05. The molecule has 0 radical (unpaired) electrons. The quantitative estimate of drug-likeness (QED) is 0.266. The van der Waals surface area contributed by atoms with E-state index in [2.05, 4.69) is 0 Å². The van der Waals surface area contributed by atoms with Crippen molar-refractivity contribution >= 4 is 36.0 Å². The molecule has 1 aliphatic carbocycles. The average molecular weight is 446 g/mol. The number of ether oxygens (including phenoxy) is 2. The van der Waals surface area contributed by atoms with E-state index in [9.17, 15) is 22.8 Å². The first-order chi connectivity index (χ1) is 13.8. The second kappa shape index (κ2) is 9.59. The Morgan fingerprint density at radius 3 is 2.90 bits per heavy atom. The molecule has 1 aromatic rings. The van der Waals surface area contributed by atoms with Gasteiger partial charge in [-0.05, 0) is 24.3 Å². The molecule has 2 aliphatic rings. The molecule has 1 aromatic carbocycles. The van der Waals surface area contributed by atoms with Crippen LogP contribution in [0.2, 0.25) is 0 Å². The maximum Gasteiger partial charge on any atom is 0.416 e. The molecule has 0 spiro atoms. The van der Waals surface area contributed by atoms with Crippen LogP contribution in [0.25, 0.3) is 0 Å². The summed E-state index contributed by atoms with van der Waals surface area (Å²) in [5.41, 5.74) is -0.835. The lowest BCUT2D eigenvalue weighted by atomic mass is 9.91. The Hall–Kier alpha value is -1.43. The van der Waals surface area contributed by atoms with E-state index in [1.54, 1.807) is 6.08 Å². The van der Waals surface area contributed by atoms with Crippen LogP contribution < -0.4 is 4.74 Å². The van der Waals surface area contributed by atoms with E-state index >= 15 is 0 Å². The minimum absolute atomic E-state index is 0.0223. The smallest absolute Gasteiger partial charge is 0.416 e. The highest BCUT2D eigenvalue weighted by molar-refractivity contribution is 8.21. The van der Waals surface area contributed by atoms with E-state index in [4.69, 9.17) is 14.0 Å². The first-order valence-electron chi connectivity index (χ1n) is 9.06. The highest BCUT2D eigenvalue weighted by Gasteiger charge is 2.49. The van der Waals surface area contributed by atoms with Crippen molar-refractivity contribution in [3.8, 4) is 5.75 Å². The van der Waals surface area contributed by atoms with Crippen LogP contribution >= 0.6 is 16.6 Å². The number of carbonyl (C=O) groups excluding carboxylic acids is 2. The molecule has 0 amide bonds. The van der Waals surface area contributed by atoms with E-state index in [1.807, 2.05) is 7.57 Å². The van der Waals surface area contributed by atoms with Crippen molar-refractivity contribution in [2.75, 3.05) is 6.61 Å². The van der Waals surface area contributed by atoms with Gasteiger partial charge in [0.1, 0.15) is 19.4 Å². The number of alkyl halides is 3. The SMILES string of the molecule is BPPO[C@@H]1C[C@@H]2OC(=O)C[C@@H]2[C@H]1/C=C/C(=O)COc1cccc(C(F)(F)F)c1. The van der Waals surface area contributed by atoms with Crippen LogP contribution in [-0.4, -0.2) is 38.1 Å². The lowest BCUT2D eigenvalue weighted by Gasteiger charge is -2.19. The van der Waals surface area contributed by atoms with Crippen molar-refractivity contribution in [1.82, 2.24) is 0 Å². The molecule has 11 heteroatoms. The molecule has 1 heterocycles. The van der Waals surface area contributed by atoms with Gasteiger partial charge in [-0.2, -0.15) is 13.2 Å². The van der Waals surface area contributed by atoms with Crippen LogP contribution in [0.3, 0.4) is 0 Å². The predicted molar refractivity (Wildman–Crippen MR) is 107 cm³/mol. The summed E-state index contributed by atoms with van der Waals surface area (Å²) >= 11 is 0. The van der Waals surface area contributed by atoms with Crippen molar-refractivity contribution in [3.05, 3.63) is 42.0 Å². The maximum atomic E-state index is 12.7. The second-order valence-corrected chi connectivity index (χ2v) is 9.91. The third kappa shape index (κ3) is 5.81. The third-order valence-corrected chi connectivity index (χ3v) is 6.50. The van der Waals surface area contributed by atoms with Crippen molar-refractivity contribution in [2.45, 2.75) is 31.2 Å². The maximum absolute atomic E-state index is 12.7. The van der Waals surface area contributed by atoms with Crippen LogP contribution in [0.5, 0.6) is 5.75 Å². The number of hydrogen-bond donors (Lipinski definition) is 0. The first-order valence-corrected chi connectivity index (χ1v) is 12.5.